The van der Waals surface area contributed by atoms with Gasteiger partial charge < -0.3 is 10.2 Å². The summed E-state index contributed by atoms with van der Waals surface area (Å²) in [5.41, 5.74) is 2.94. The van der Waals surface area contributed by atoms with Crippen molar-refractivity contribution >= 4 is 5.69 Å². The molecule has 1 aromatic rings. The topological polar surface area (TPSA) is 15.3 Å². The van der Waals surface area contributed by atoms with E-state index in [0.29, 0.717) is 0 Å². The van der Waals surface area contributed by atoms with Crippen LogP contribution in [-0.4, -0.2) is 19.1 Å². The van der Waals surface area contributed by atoms with E-state index >= 15 is 0 Å². The van der Waals surface area contributed by atoms with Gasteiger partial charge in [0.05, 0.1) is 0 Å². The molecule has 1 aliphatic heterocycles. The number of hydrogen-bond acceptors (Lipinski definition) is 2. The molecule has 2 heteroatoms. The van der Waals surface area contributed by atoms with Crippen LogP contribution in [0.4, 0.5) is 5.69 Å². The van der Waals surface area contributed by atoms with Gasteiger partial charge in [-0.2, -0.15) is 0 Å². The number of para-hydroxylation sites is 1. The third-order valence-electron chi connectivity index (χ3n) is 4.68. The van der Waals surface area contributed by atoms with Gasteiger partial charge in [0.15, 0.2) is 0 Å². The molecule has 19 heavy (non-hydrogen) atoms. The second kappa shape index (κ2) is 5.96. The summed E-state index contributed by atoms with van der Waals surface area (Å²) in [5, 5.41) is 3.65. The summed E-state index contributed by atoms with van der Waals surface area (Å²) < 4.78 is 0. The zero-order chi connectivity index (χ0) is 13.1. The molecule has 104 valence electrons. The molecule has 0 bridgehead atoms. The normalized spacial score (nSPS) is 20.8. The number of nitrogens with one attached hydrogen (secondary N) is 1. The molecule has 0 atom stereocenters. The Bertz CT molecular complexity index is 403. The molecule has 0 unspecified atom stereocenters. The Kier molecular flexibility index (Phi) is 4.07. The fraction of sp³-hybridized carbons (Fsp3) is 0.647. The Morgan fingerprint density at radius 1 is 1.11 bits per heavy atom. The first-order valence-corrected chi connectivity index (χ1v) is 7.93. The van der Waals surface area contributed by atoms with E-state index in [9.17, 15) is 0 Å². The van der Waals surface area contributed by atoms with Gasteiger partial charge in [-0.15, -0.1) is 0 Å². The number of benzene rings is 1. The lowest BCUT2D eigenvalue weighted by atomic mass is 9.94. The third kappa shape index (κ3) is 3.30. The van der Waals surface area contributed by atoms with Crippen molar-refractivity contribution < 1.29 is 0 Å². The van der Waals surface area contributed by atoms with Crippen LogP contribution >= 0.6 is 0 Å². The highest BCUT2D eigenvalue weighted by atomic mass is 15.1. The average Bonchev–Trinajstić information content (AvgIpc) is 3.30. The summed E-state index contributed by atoms with van der Waals surface area (Å²) in [6.07, 6.45) is 6.80. The maximum Gasteiger partial charge on any atom is 0.0411 e. The summed E-state index contributed by atoms with van der Waals surface area (Å²) in [7, 11) is 0. The van der Waals surface area contributed by atoms with Gasteiger partial charge in [0, 0.05) is 31.4 Å². The van der Waals surface area contributed by atoms with Gasteiger partial charge in [-0.1, -0.05) is 31.5 Å². The van der Waals surface area contributed by atoms with E-state index in [2.05, 4.69) is 41.4 Å². The van der Waals surface area contributed by atoms with Crippen molar-refractivity contribution in [3.8, 4) is 0 Å². The molecular formula is C17H26N2. The smallest absolute Gasteiger partial charge is 0.0411 e. The molecule has 1 aromatic carbocycles. The maximum absolute atomic E-state index is 3.65. The van der Waals surface area contributed by atoms with Crippen LogP contribution in [0.15, 0.2) is 24.3 Å². The van der Waals surface area contributed by atoms with Gasteiger partial charge in [-0.3, -0.25) is 0 Å². The minimum atomic E-state index is 0.791. The van der Waals surface area contributed by atoms with Crippen LogP contribution in [0.5, 0.6) is 0 Å². The summed E-state index contributed by atoms with van der Waals surface area (Å²) in [6, 6.07) is 9.74. The van der Waals surface area contributed by atoms with Gasteiger partial charge in [-0.25, -0.2) is 0 Å². The van der Waals surface area contributed by atoms with Crippen molar-refractivity contribution in [1.82, 2.24) is 5.32 Å². The molecule has 1 aliphatic carbocycles. The Morgan fingerprint density at radius 2 is 1.84 bits per heavy atom. The van der Waals surface area contributed by atoms with Crippen LogP contribution in [0.2, 0.25) is 0 Å². The van der Waals surface area contributed by atoms with E-state index in [1.165, 1.54) is 56.4 Å². The predicted molar refractivity (Wildman–Crippen MR) is 81.5 cm³/mol. The van der Waals surface area contributed by atoms with Crippen LogP contribution in [0.3, 0.4) is 0 Å². The number of rotatable bonds is 5. The van der Waals surface area contributed by atoms with Gasteiger partial charge in [0.1, 0.15) is 0 Å². The summed E-state index contributed by atoms with van der Waals surface area (Å²) in [4.78, 5) is 2.59. The molecule has 1 heterocycles. The lowest BCUT2D eigenvalue weighted by molar-refractivity contribution is 0.394. The van der Waals surface area contributed by atoms with Gasteiger partial charge in [-0.05, 0) is 43.2 Å². The first-order valence-electron chi connectivity index (χ1n) is 7.93. The van der Waals surface area contributed by atoms with Crippen LogP contribution in [0.25, 0.3) is 0 Å². The van der Waals surface area contributed by atoms with E-state index in [4.69, 9.17) is 0 Å². The molecule has 2 aliphatic rings. The molecule has 1 N–H and O–H groups in total. The lowest BCUT2D eigenvalue weighted by Crippen LogP contribution is -2.34. The predicted octanol–water partition coefficient (Wildman–Crippen LogP) is 3.57. The molecule has 2 nitrogen and oxygen atoms in total. The Balaban J connectivity index is 1.65. The monoisotopic (exact) mass is 258 g/mol. The molecule has 1 saturated heterocycles. The third-order valence-corrected chi connectivity index (χ3v) is 4.68. The number of nitrogens with zero attached hydrogens (tertiary/aromatic N) is 1. The lowest BCUT2D eigenvalue weighted by Gasteiger charge is -2.34. The zero-order valence-electron chi connectivity index (χ0n) is 12.1. The van der Waals surface area contributed by atoms with Crippen molar-refractivity contribution in [2.75, 3.05) is 18.0 Å². The fourth-order valence-electron chi connectivity index (χ4n) is 3.09. The minimum Gasteiger partial charge on any atom is -0.371 e. The highest BCUT2D eigenvalue weighted by Gasteiger charge is 2.22. The molecular weight excluding hydrogens is 232 g/mol. The number of piperidine rings is 1. The van der Waals surface area contributed by atoms with Gasteiger partial charge in [0.25, 0.3) is 0 Å². The van der Waals surface area contributed by atoms with Gasteiger partial charge >= 0.3 is 0 Å². The average molecular weight is 258 g/mol. The van der Waals surface area contributed by atoms with E-state index < -0.39 is 0 Å². The second-order valence-corrected chi connectivity index (χ2v) is 6.12. The summed E-state index contributed by atoms with van der Waals surface area (Å²) >= 11 is 0. The quantitative estimate of drug-likeness (QED) is 0.868. The molecule has 0 aromatic heterocycles. The van der Waals surface area contributed by atoms with Crippen molar-refractivity contribution in [3.63, 3.8) is 0 Å². The Labute approximate surface area is 117 Å². The summed E-state index contributed by atoms with van der Waals surface area (Å²) in [6.45, 7) is 5.83. The summed E-state index contributed by atoms with van der Waals surface area (Å²) in [5.74, 6) is 0.952. The van der Waals surface area contributed by atoms with Crippen LogP contribution in [0, 0.1) is 5.92 Å². The first kappa shape index (κ1) is 13.0. The first-order chi connectivity index (χ1) is 9.36. The molecule has 3 rings (SSSR count). The highest BCUT2D eigenvalue weighted by molar-refractivity contribution is 5.54. The standard InChI is InChI=1S/C17H26N2/c1-2-14-9-11-19(12-10-14)17-6-4-3-5-15(17)13-18-16-7-8-16/h3-6,14,16,18H,2,7-13H2,1H3. The van der Waals surface area contributed by atoms with Crippen molar-refractivity contribution in [3.05, 3.63) is 29.8 Å². The van der Waals surface area contributed by atoms with Gasteiger partial charge in [0.2, 0.25) is 0 Å². The van der Waals surface area contributed by atoms with E-state index in [-0.39, 0.29) is 0 Å². The van der Waals surface area contributed by atoms with E-state index in [0.717, 1.165) is 18.5 Å². The molecule has 2 fully saturated rings. The van der Waals surface area contributed by atoms with E-state index in [1.54, 1.807) is 0 Å². The minimum absolute atomic E-state index is 0.791. The van der Waals surface area contributed by atoms with Crippen molar-refractivity contribution in [2.45, 2.75) is 51.6 Å². The van der Waals surface area contributed by atoms with Crippen LogP contribution in [-0.2, 0) is 6.54 Å². The fourth-order valence-corrected chi connectivity index (χ4v) is 3.09. The molecule has 0 radical (unpaired) electrons. The second-order valence-electron chi connectivity index (χ2n) is 6.12. The zero-order valence-corrected chi connectivity index (χ0v) is 12.1. The number of anilines is 1. The maximum atomic E-state index is 3.65. The largest absolute Gasteiger partial charge is 0.371 e. The Hall–Kier alpha value is -1.02. The van der Waals surface area contributed by atoms with E-state index in [1.807, 2.05) is 0 Å². The highest BCUT2D eigenvalue weighted by Crippen LogP contribution is 2.28. The molecule has 0 spiro atoms. The van der Waals surface area contributed by atoms with Crippen molar-refractivity contribution in [1.29, 1.82) is 0 Å². The molecule has 1 saturated carbocycles. The number of hydrogen-bond donors (Lipinski definition) is 1. The molecule has 0 amide bonds. The van der Waals surface area contributed by atoms with Crippen LogP contribution in [0.1, 0.15) is 44.6 Å². The van der Waals surface area contributed by atoms with Crippen molar-refractivity contribution in [2.24, 2.45) is 5.92 Å². The SMILES string of the molecule is CCC1CCN(c2ccccc2CNC2CC2)CC1. The van der Waals surface area contributed by atoms with Crippen LogP contribution < -0.4 is 10.2 Å². The Morgan fingerprint density at radius 3 is 2.53 bits per heavy atom.